The van der Waals surface area contributed by atoms with E-state index >= 15 is 0 Å². The predicted octanol–water partition coefficient (Wildman–Crippen LogP) is 3.31. The molecule has 1 aliphatic heterocycles. The van der Waals surface area contributed by atoms with Gasteiger partial charge in [-0.25, -0.2) is 0 Å². The maximum absolute atomic E-state index is 9.55. The molecule has 2 rings (SSSR count). The van der Waals surface area contributed by atoms with Crippen LogP contribution < -0.4 is 10.2 Å². The van der Waals surface area contributed by atoms with E-state index in [0.29, 0.717) is 11.9 Å². The number of halogens is 1. The van der Waals surface area contributed by atoms with Gasteiger partial charge in [-0.05, 0) is 53.1 Å². The Labute approximate surface area is 140 Å². The Morgan fingerprint density at radius 1 is 1.32 bits per heavy atom. The first kappa shape index (κ1) is 17.1. The molecule has 2 heterocycles. The number of aromatic nitrogens is 3. The SMILES string of the molecule is CC1SC(C)(C)C(C#N)N1c1nc(Cl)nc(NC(C)(C)C)n1. The van der Waals surface area contributed by atoms with Crippen molar-refractivity contribution in [3.63, 3.8) is 0 Å². The van der Waals surface area contributed by atoms with Gasteiger partial charge < -0.3 is 10.2 Å². The van der Waals surface area contributed by atoms with Gasteiger partial charge in [-0.2, -0.15) is 20.2 Å². The molecule has 0 aliphatic carbocycles. The van der Waals surface area contributed by atoms with Gasteiger partial charge in [0.15, 0.2) is 0 Å². The lowest BCUT2D eigenvalue weighted by molar-refractivity contribution is 0.596. The zero-order chi connectivity index (χ0) is 16.7. The number of nitrogens with zero attached hydrogens (tertiary/aromatic N) is 5. The van der Waals surface area contributed by atoms with Crippen molar-refractivity contribution in [3.8, 4) is 6.07 Å². The second-order valence-electron chi connectivity index (χ2n) is 6.86. The van der Waals surface area contributed by atoms with Crippen molar-refractivity contribution in [3.05, 3.63) is 5.28 Å². The standard InChI is InChI=1S/C14H21ClN6S/c1-8-21(9(7-16)14(5,6)22-8)12-18-10(15)17-11(19-12)20-13(2,3)4/h8-9H,1-6H3,(H,17,18,19,20). The van der Waals surface area contributed by atoms with Gasteiger partial charge in [-0.1, -0.05) is 0 Å². The molecule has 1 N–H and O–H groups in total. The van der Waals surface area contributed by atoms with Crippen molar-refractivity contribution in [1.29, 1.82) is 5.26 Å². The molecule has 1 aromatic heterocycles. The Hall–Kier alpha value is -1.26. The summed E-state index contributed by atoms with van der Waals surface area (Å²) in [6.07, 6.45) is 0. The first-order valence-electron chi connectivity index (χ1n) is 7.09. The second kappa shape index (κ2) is 5.74. The summed E-state index contributed by atoms with van der Waals surface area (Å²) in [5.74, 6) is 0.852. The van der Waals surface area contributed by atoms with Crippen LogP contribution in [0.4, 0.5) is 11.9 Å². The number of nitriles is 1. The Morgan fingerprint density at radius 2 is 1.95 bits per heavy atom. The molecule has 0 aromatic carbocycles. The van der Waals surface area contributed by atoms with E-state index in [-0.39, 0.29) is 27.0 Å². The van der Waals surface area contributed by atoms with Crippen LogP contribution in [0.3, 0.4) is 0 Å². The molecular formula is C14H21ClN6S. The molecule has 22 heavy (non-hydrogen) atoms. The van der Waals surface area contributed by atoms with Gasteiger partial charge in [0.25, 0.3) is 0 Å². The summed E-state index contributed by atoms with van der Waals surface area (Å²) in [6.45, 7) is 12.2. The maximum Gasteiger partial charge on any atom is 0.233 e. The minimum absolute atomic E-state index is 0.0839. The highest BCUT2D eigenvalue weighted by molar-refractivity contribution is 8.01. The number of nitrogens with one attached hydrogen (secondary N) is 1. The third-order valence-corrected chi connectivity index (χ3v) is 4.81. The van der Waals surface area contributed by atoms with E-state index in [2.05, 4.69) is 40.2 Å². The average molecular weight is 341 g/mol. The van der Waals surface area contributed by atoms with E-state index in [4.69, 9.17) is 11.6 Å². The number of anilines is 2. The summed E-state index contributed by atoms with van der Waals surface area (Å²) < 4.78 is -0.203. The molecule has 0 spiro atoms. The van der Waals surface area contributed by atoms with E-state index in [0.717, 1.165) is 0 Å². The molecule has 1 aromatic rings. The van der Waals surface area contributed by atoms with Crippen molar-refractivity contribution < 1.29 is 0 Å². The van der Waals surface area contributed by atoms with Gasteiger partial charge in [0.05, 0.1) is 11.4 Å². The Bertz CT molecular complexity index is 606. The fourth-order valence-corrected chi connectivity index (χ4v) is 4.11. The summed E-state index contributed by atoms with van der Waals surface area (Å²) in [5, 5.41) is 12.9. The van der Waals surface area contributed by atoms with E-state index in [1.54, 1.807) is 11.8 Å². The summed E-state index contributed by atoms with van der Waals surface area (Å²) in [6, 6.07) is 2.04. The Balaban J connectivity index is 2.42. The average Bonchev–Trinajstić information content (AvgIpc) is 2.54. The maximum atomic E-state index is 9.55. The molecule has 0 amide bonds. The van der Waals surface area contributed by atoms with Gasteiger partial charge in [0, 0.05) is 10.3 Å². The molecule has 120 valence electrons. The van der Waals surface area contributed by atoms with E-state index in [1.165, 1.54) is 0 Å². The Kier molecular flexibility index (Phi) is 4.46. The molecule has 2 unspecified atom stereocenters. The Morgan fingerprint density at radius 3 is 2.50 bits per heavy atom. The van der Waals surface area contributed by atoms with E-state index < -0.39 is 0 Å². The largest absolute Gasteiger partial charge is 0.349 e. The lowest BCUT2D eigenvalue weighted by atomic mass is 10.0. The van der Waals surface area contributed by atoms with Crippen LogP contribution in [0.1, 0.15) is 41.5 Å². The fraction of sp³-hybridized carbons (Fsp3) is 0.714. The molecule has 1 fully saturated rings. The van der Waals surface area contributed by atoms with Crippen molar-refractivity contribution in [2.45, 2.75) is 63.2 Å². The second-order valence-corrected chi connectivity index (χ2v) is 9.17. The van der Waals surface area contributed by atoms with Crippen LogP contribution in [0, 0.1) is 11.3 Å². The molecule has 2 atom stereocenters. The van der Waals surface area contributed by atoms with Crippen LogP contribution >= 0.6 is 23.4 Å². The lowest BCUT2D eigenvalue weighted by Gasteiger charge is -2.27. The lowest BCUT2D eigenvalue weighted by Crippen LogP contribution is -2.42. The summed E-state index contributed by atoms with van der Waals surface area (Å²) in [4.78, 5) is 14.7. The number of hydrogen-bond acceptors (Lipinski definition) is 7. The van der Waals surface area contributed by atoms with Gasteiger partial charge in [0.1, 0.15) is 6.04 Å². The zero-order valence-corrected chi connectivity index (χ0v) is 15.2. The van der Waals surface area contributed by atoms with E-state index in [1.807, 2.05) is 32.6 Å². The van der Waals surface area contributed by atoms with Crippen LogP contribution in [0.5, 0.6) is 0 Å². The highest BCUT2D eigenvalue weighted by Crippen LogP contribution is 2.45. The number of hydrogen-bond donors (Lipinski definition) is 1. The molecule has 1 aliphatic rings. The summed E-state index contributed by atoms with van der Waals surface area (Å²) >= 11 is 7.77. The van der Waals surface area contributed by atoms with Gasteiger partial charge in [-0.15, -0.1) is 11.8 Å². The molecule has 1 saturated heterocycles. The molecule has 0 bridgehead atoms. The van der Waals surface area contributed by atoms with Gasteiger partial charge in [-0.3, -0.25) is 0 Å². The molecule has 0 saturated carbocycles. The third-order valence-electron chi connectivity index (χ3n) is 3.24. The van der Waals surface area contributed by atoms with Crippen molar-refractivity contribution >= 4 is 35.3 Å². The quantitative estimate of drug-likeness (QED) is 0.884. The first-order valence-corrected chi connectivity index (χ1v) is 8.35. The van der Waals surface area contributed by atoms with Gasteiger partial charge >= 0.3 is 0 Å². The van der Waals surface area contributed by atoms with Crippen molar-refractivity contribution in [2.24, 2.45) is 0 Å². The summed E-state index contributed by atoms with van der Waals surface area (Å²) in [5.41, 5.74) is -0.193. The molecule has 0 radical (unpaired) electrons. The smallest absolute Gasteiger partial charge is 0.233 e. The van der Waals surface area contributed by atoms with Crippen molar-refractivity contribution in [1.82, 2.24) is 15.0 Å². The predicted molar refractivity (Wildman–Crippen MR) is 91.2 cm³/mol. The van der Waals surface area contributed by atoms with Gasteiger partial charge in [0.2, 0.25) is 17.2 Å². The highest BCUT2D eigenvalue weighted by atomic mass is 35.5. The minimum atomic E-state index is -0.326. The number of thioether (sulfide) groups is 1. The topological polar surface area (TPSA) is 77.7 Å². The molecular weight excluding hydrogens is 320 g/mol. The summed E-state index contributed by atoms with van der Waals surface area (Å²) in [7, 11) is 0. The van der Waals surface area contributed by atoms with Crippen LogP contribution in [-0.4, -0.2) is 36.7 Å². The van der Waals surface area contributed by atoms with Crippen molar-refractivity contribution in [2.75, 3.05) is 10.2 Å². The van der Waals surface area contributed by atoms with E-state index in [9.17, 15) is 5.26 Å². The van der Waals surface area contributed by atoms with Crippen LogP contribution in [-0.2, 0) is 0 Å². The first-order chi connectivity index (χ1) is 10.0. The monoisotopic (exact) mass is 340 g/mol. The van der Waals surface area contributed by atoms with Crippen LogP contribution in [0.2, 0.25) is 5.28 Å². The number of rotatable bonds is 2. The third kappa shape index (κ3) is 3.55. The molecule has 6 nitrogen and oxygen atoms in total. The normalized spacial score (nSPS) is 24.2. The fourth-order valence-electron chi connectivity index (χ4n) is 2.45. The molecule has 8 heteroatoms. The van der Waals surface area contributed by atoms with Crippen LogP contribution in [0.25, 0.3) is 0 Å². The van der Waals surface area contributed by atoms with Crippen LogP contribution in [0.15, 0.2) is 0 Å². The minimum Gasteiger partial charge on any atom is -0.349 e. The highest BCUT2D eigenvalue weighted by Gasteiger charge is 2.47. The zero-order valence-electron chi connectivity index (χ0n) is 13.7.